The van der Waals surface area contributed by atoms with Crippen LogP contribution in [0.15, 0.2) is 24.3 Å². The summed E-state index contributed by atoms with van der Waals surface area (Å²) in [6.45, 7) is 1.30. The van der Waals surface area contributed by atoms with Gasteiger partial charge in [-0.05, 0) is 25.0 Å². The highest BCUT2D eigenvalue weighted by molar-refractivity contribution is 6.32. The molecule has 1 atom stereocenters. The Morgan fingerprint density at radius 1 is 1.50 bits per heavy atom. The van der Waals surface area contributed by atoms with Crippen molar-refractivity contribution in [2.75, 3.05) is 19.7 Å². The first-order valence-corrected chi connectivity index (χ1v) is 6.47. The van der Waals surface area contributed by atoms with Gasteiger partial charge in [0.2, 0.25) is 0 Å². The largest absolute Gasteiger partial charge is 0.482 e. The van der Waals surface area contributed by atoms with Gasteiger partial charge in [-0.1, -0.05) is 23.7 Å². The van der Waals surface area contributed by atoms with E-state index in [0.717, 1.165) is 19.4 Å². The molecule has 0 spiro atoms. The van der Waals surface area contributed by atoms with Crippen LogP contribution in [0.1, 0.15) is 12.8 Å². The van der Waals surface area contributed by atoms with Crippen molar-refractivity contribution in [2.45, 2.75) is 18.9 Å². The number of likely N-dealkylation sites (tertiary alicyclic amines) is 1. The van der Waals surface area contributed by atoms with Gasteiger partial charge in [-0.15, -0.1) is 0 Å². The highest BCUT2D eigenvalue weighted by atomic mass is 35.5. The fourth-order valence-electron chi connectivity index (χ4n) is 2.19. The topological polar surface area (TPSA) is 55.6 Å². The number of nitrogens with two attached hydrogens (primary N) is 1. The van der Waals surface area contributed by atoms with Crippen LogP contribution in [0.4, 0.5) is 0 Å². The molecule has 1 aliphatic rings. The van der Waals surface area contributed by atoms with Crippen molar-refractivity contribution in [3.63, 3.8) is 0 Å². The van der Waals surface area contributed by atoms with E-state index >= 15 is 0 Å². The summed E-state index contributed by atoms with van der Waals surface area (Å²) < 4.78 is 5.44. The molecule has 0 radical (unpaired) electrons. The first-order valence-electron chi connectivity index (χ1n) is 6.09. The molecule has 1 saturated heterocycles. The van der Waals surface area contributed by atoms with Crippen molar-refractivity contribution >= 4 is 17.5 Å². The lowest BCUT2D eigenvalue weighted by Gasteiger charge is -2.23. The Morgan fingerprint density at radius 3 is 3.00 bits per heavy atom. The number of halogens is 1. The SMILES string of the molecule is NC[C@@H]1CCCN1C(=O)COc1ccccc1Cl. The number of amides is 1. The maximum Gasteiger partial charge on any atom is 0.260 e. The summed E-state index contributed by atoms with van der Waals surface area (Å²) in [7, 11) is 0. The van der Waals surface area contributed by atoms with E-state index in [4.69, 9.17) is 22.1 Å². The van der Waals surface area contributed by atoms with E-state index in [1.165, 1.54) is 0 Å². The summed E-state index contributed by atoms with van der Waals surface area (Å²) in [6, 6.07) is 7.29. The molecule has 1 aliphatic heterocycles. The first-order chi connectivity index (χ1) is 8.72. The fourth-order valence-corrected chi connectivity index (χ4v) is 2.38. The van der Waals surface area contributed by atoms with Crippen LogP contribution in [-0.4, -0.2) is 36.5 Å². The third-order valence-electron chi connectivity index (χ3n) is 3.16. The third kappa shape index (κ3) is 2.94. The second-order valence-corrected chi connectivity index (χ2v) is 4.75. The minimum absolute atomic E-state index is 0.0141. The van der Waals surface area contributed by atoms with Crippen LogP contribution in [0, 0.1) is 0 Å². The Balaban J connectivity index is 1.90. The Kier molecular flexibility index (Phi) is 4.44. The lowest BCUT2D eigenvalue weighted by Crippen LogP contribution is -2.42. The zero-order valence-corrected chi connectivity index (χ0v) is 10.9. The molecule has 0 unspecified atom stereocenters. The lowest BCUT2D eigenvalue weighted by atomic mass is 10.2. The van der Waals surface area contributed by atoms with E-state index < -0.39 is 0 Å². The highest BCUT2D eigenvalue weighted by Gasteiger charge is 2.27. The van der Waals surface area contributed by atoms with Crippen LogP contribution < -0.4 is 10.5 Å². The minimum atomic E-state index is -0.0251. The molecule has 18 heavy (non-hydrogen) atoms. The van der Waals surface area contributed by atoms with Gasteiger partial charge in [0.15, 0.2) is 6.61 Å². The monoisotopic (exact) mass is 268 g/mol. The van der Waals surface area contributed by atoms with Gasteiger partial charge in [0.05, 0.1) is 5.02 Å². The van der Waals surface area contributed by atoms with Crippen molar-refractivity contribution in [3.8, 4) is 5.75 Å². The number of carbonyl (C=O) groups excluding carboxylic acids is 1. The molecule has 1 heterocycles. The zero-order valence-electron chi connectivity index (χ0n) is 10.1. The summed E-state index contributed by atoms with van der Waals surface area (Å²) in [5.41, 5.74) is 5.64. The molecule has 4 nitrogen and oxygen atoms in total. The molecule has 0 aromatic heterocycles. The Hall–Kier alpha value is -1.26. The summed E-state index contributed by atoms with van der Waals surface area (Å²) in [4.78, 5) is 13.8. The van der Waals surface area contributed by atoms with Crippen LogP contribution in [-0.2, 0) is 4.79 Å². The Morgan fingerprint density at radius 2 is 2.28 bits per heavy atom. The van der Waals surface area contributed by atoms with Gasteiger partial charge in [-0.3, -0.25) is 4.79 Å². The minimum Gasteiger partial charge on any atom is -0.482 e. The normalized spacial score (nSPS) is 19.0. The van der Waals surface area contributed by atoms with Crippen molar-refractivity contribution in [3.05, 3.63) is 29.3 Å². The maximum atomic E-state index is 12.0. The molecular formula is C13H17ClN2O2. The quantitative estimate of drug-likeness (QED) is 0.904. The van der Waals surface area contributed by atoms with Crippen LogP contribution in [0.2, 0.25) is 5.02 Å². The van der Waals surface area contributed by atoms with Crippen molar-refractivity contribution in [1.82, 2.24) is 4.90 Å². The van der Waals surface area contributed by atoms with Crippen LogP contribution in [0.5, 0.6) is 5.75 Å². The van der Waals surface area contributed by atoms with Gasteiger partial charge in [0, 0.05) is 19.1 Å². The van der Waals surface area contributed by atoms with Crippen LogP contribution in [0.3, 0.4) is 0 Å². The zero-order chi connectivity index (χ0) is 13.0. The summed E-state index contributed by atoms with van der Waals surface area (Å²) in [5.74, 6) is 0.513. The van der Waals surface area contributed by atoms with Gasteiger partial charge >= 0.3 is 0 Å². The van der Waals surface area contributed by atoms with E-state index in [2.05, 4.69) is 0 Å². The van der Waals surface area contributed by atoms with Gasteiger partial charge in [-0.25, -0.2) is 0 Å². The number of hydrogen-bond donors (Lipinski definition) is 1. The highest BCUT2D eigenvalue weighted by Crippen LogP contribution is 2.23. The van der Waals surface area contributed by atoms with E-state index in [1.807, 2.05) is 12.1 Å². The molecule has 0 bridgehead atoms. The van der Waals surface area contributed by atoms with Gasteiger partial charge in [0.25, 0.3) is 5.91 Å². The smallest absolute Gasteiger partial charge is 0.260 e. The molecule has 0 aliphatic carbocycles. The number of benzene rings is 1. The van der Waals surface area contributed by atoms with Gasteiger partial charge in [0.1, 0.15) is 5.75 Å². The average molecular weight is 269 g/mol. The van der Waals surface area contributed by atoms with Crippen molar-refractivity contribution in [1.29, 1.82) is 0 Å². The summed E-state index contributed by atoms with van der Waals surface area (Å²) in [5, 5.41) is 0.516. The van der Waals surface area contributed by atoms with E-state index in [9.17, 15) is 4.79 Å². The average Bonchev–Trinajstić information content (AvgIpc) is 2.86. The van der Waals surface area contributed by atoms with Gasteiger partial charge < -0.3 is 15.4 Å². The Bertz CT molecular complexity index is 425. The second-order valence-electron chi connectivity index (χ2n) is 4.34. The molecule has 98 valence electrons. The molecule has 2 N–H and O–H groups in total. The van der Waals surface area contributed by atoms with E-state index in [0.29, 0.717) is 17.3 Å². The standard InChI is InChI=1S/C13H17ClN2O2/c14-11-5-1-2-6-12(11)18-9-13(17)16-7-3-4-10(16)8-15/h1-2,5-6,10H,3-4,7-9,15H2/t10-/m0/s1. The molecule has 1 aromatic carbocycles. The molecule has 2 rings (SSSR count). The number of para-hydroxylation sites is 1. The Labute approximate surface area is 112 Å². The number of rotatable bonds is 4. The number of carbonyl (C=O) groups is 1. The molecular weight excluding hydrogens is 252 g/mol. The van der Waals surface area contributed by atoms with E-state index in [-0.39, 0.29) is 18.6 Å². The second kappa shape index (κ2) is 6.07. The predicted molar refractivity (Wildman–Crippen MR) is 70.7 cm³/mol. The fraction of sp³-hybridized carbons (Fsp3) is 0.462. The molecule has 1 amide bonds. The van der Waals surface area contributed by atoms with Crippen molar-refractivity contribution < 1.29 is 9.53 Å². The van der Waals surface area contributed by atoms with Gasteiger partial charge in [-0.2, -0.15) is 0 Å². The molecule has 1 fully saturated rings. The predicted octanol–water partition coefficient (Wildman–Crippen LogP) is 1.67. The number of hydrogen-bond acceptors (Lipinski definition) is 3. The van der Waals surface area contributed by atoms with Crippen molar-refractivity contribution in [2.24, 2.45) is 5.73 Å². The van der Waals surface area contributed by atoms with E-state index in [1.54, 1.807) is 17.0 Å². The maximum absolute atomic E-state index is 12.0. The first kappa shape index (κ1) is 13.2. The number of ether oxygens (including phenoxy) is 1. The van der Waals surface area contributed by atoms with Crippen LogP contribution in [0.25, 0.3) is 0 Å². The molecule has 0 saturated carbocycles. The summed E-state index contributed by atoms with van der Waals surface area (Å²) >= 11 is 5.95. The number of nitrogens with zero attached hydrogens (tertiary/aromatic N) is 1. The molecule has 1 aromatic rings. The van der Waals surface area contributed by atoms with Crippen LogP contribution >= 0.6 is 11.6 Å². The lowest BCUT2D eigenvalue weighted by molar-refractivity contribution is -0.134. The molecule has 5 heteroatoms. The summed E-state index contributed by atoms with van der Waals surface area (Å²) in [6.07, 6.45) is 1.99. The third-order valence-corrected chi connectivity index (χ3v) is 3.47.